The Labute approximate surface area is 114 Å². The van der Waals surface area contributed by atoms with Crippen LogP contribution in [-0.2, 0) is 12.8 Å². The summed E-state index contributed by atoms with van der Waals surface area (Å²) in [5.41, 5.74) is 1.79. The van der Waals surface area contributed by atoms with Crippen LogP contribution < -0.4 is 0 Å². The number of imidazole rings is 1. The maximum absolute atomic E-state index is 13.1. The fourth-order valence-electron chi connectivity index (χ4n) is 2.22. The Morgan fingerprint density at radius 3 is 2.95 bits per heavy atom. The highest BCUT2D eigenvalue weighted by atomic mass is 19.1. The molecule has 0 aliphatic heterocycles. The molecule has 3 aromatic rings. The summed E-state index contributed by atoms with van der Waals surface area (Å²) < 4.78 is 14.9. The van der Waals surface area contributed by atoms with Crippen molar-refractivity contribution in [3.63, 3.8) is 0 Å². The van der Waals surface area contributed by atoms with Gasteiger partial charge in [0.2, 0.25) is 0 Å². The van der Waals surface area contributed by atoms with E-state index in [1.165, 1.54) is 12.1 Å². The highest BCUT2D eigenvalue weighted by Crippen LogP contribution is 2.12. The molecule has 0 aliphatic rings. The summed E-state index contributed by atoms with van der Waals surface area (Å²) in [6.45, 7) is 0. The molecule has 0 atom stereocenters. The van der Waals surface area contributed by atoms with Crippen LogP contribution in [0.4, 0.5) is 4.39 Å². The Hall–Kier alpha value is -2.56. The molecule has 0 aliphatic carbocycles. The first kappa shape index (κ1) is 12.5. The summed E-state index contributed by atoms with van der Waals surface area (Å²) in [6.07, 6.45) is 5.42. The van der Waals surface area contributed by atoms with Gasteiger partial charge in [-0.2, -0.15) is 0 Å². The topological polar surface area (TPSA) is 47.3 Å². The van der Waals surface area contributed by atoms with Crippen LogP contribution in [0.25, 0.3) is 5.65 Å². The van der Waals surface area contributed by atoms with E-state index in [2.05, 4.69) is 9.97 Å². The van der Waals surface area contributed by atoms with Crippen molar-refractivity contribution >= 4 is 11.9 Å². The van der Waals surface area contributed by atoms with E-state index in [1.807, 2.05) is 12.3 Å². The zero-order chi connectivity index (χ0) is 13.9. The normalized spacial score (nSPS) is 10.8. The van der Waals surface area contributed by atoms with E-state index in [-0.39, 0.29) is 5.82 Å². The quantitative estimate of drug-likeness (QED) is 0.683. The van der Waals surface area contributed by atoms with E-state index < -0.39 is 0 Å². The number of benzene rings is 1. The number of aldehydes is 1. The van der Waals surface area contributed by atoms with Gasteiger partial charge in [-0.3, -0.25) is 9.20 Å². The SMILES string of the molecule is O=Cc1nc(CCc2cccc(F)c2)n2cccnc12. The zero-order valence-electron chi connectivity index (χ0n) is 10.7. The van der Waals surface area contributed by atoms with Gasteiger partial charge in [-0.25, -0.2) is 14.4 Å². The average molecular weight is 269 g/mol. The number of halogens is 1. The average Bonchev–Trinajstić information content (AvgIpc) is 2.83. The lowest BCUT2D eigenvalue weighted by Crippen LogP contribution is -1.98. The van der Waals surface area contributed by atoms with Crippen molar-refractivity contribution in [3.8, 4) is 0 Å². The number of hydrogen-bond acceptors (Lipinski definition) is 3. The van der Waals surface area contributed by atoms with Crippen molar-refractivity contribution in [1.82, 2.24) is 14.4 Å². The maximum Gasteiger partial charge on any atom is 0.172 e. The van der Waals surface area contributed by atoms with E-state index in [0.717, 1.165) is 11.4 Å². The smallest absolute Gasteiger partial charge is 0.172 e. The number of fused-ring (bicyclic) bond motifs is 1. The summed E-state index contributed by atoms with van der Waals surface area (Å²) in [7, 11) is 0. The van der Waals surface area contributed by atoms with Crippen LogP contribution in [0.3, 0.4) is 0 Å². The number of nitrogens with zero attached hydrogens (tertiary/aromatic N) is 3. The summed E-state index contributed by atoms with van der Waals surface area (Å²) >= 11 is 0. The molecule has 0 radical (unpaired) electrons. The largest absolute Gasteiger partial charge is 0.296 e. The number of aryl methyl sites for hydroxylation is 2. The highest BCUT2D eigenvalue weighted by Gasteiger charge is 2.11. The Morgan fingerprint density at radius 2 is 2.15 bits per heavy atom. The molecule has 2 heterocycles. The van der Waals surface area contributed by atoms with Crippen molar-refractivity contribution in [2.45, 2.75) is 12.8 Å². The molecule has 2 aromatic heterocycles. The van der Waals surface area contributed by atoms with Gasteiger partial charge in [0, 0.05) is 18.8 Å². The molecular formula is C15H12FN3O. The molecule has 0 N–H and O–H groups in total. The second-order valence-electron chi connectivity index (χ2n) is 4.47. The molecule has 100 valence electrons. The zero-order valence-corrected chi connectivity index (χ0v) is 10.7. The van der Waals surface area contributed by atoms with Gasteiger partial charge in [0.25, 0.3) is 0 Å². The molecule has 0 spiro atoms. The van der Waals surface area contributed by atoms with Crippen LogP contribution in [0.1, 0.15) is 21.9 Å². The van der Waals surface area contributed by atoms with Crippen molar-refractivity contribution in [3.05, 3.63) is 65.6 Å². The first-order valence-corrected chi connectivity index (χ1v) is 6.29. The minimum Gasteiger partial charge on any atom is -0.296 e. The summed E-state index contributed by atoms with van der Waals surface area (Å²) in [5, 5.41) is 0. The lowest BCUT2D eigenvalue weighted by Gasteiger charge is -2.01. The lowest BCUT2D eigenvalue weighted by molar-refractivity contribution is 0.112. The predicted octanol–water partition coefficient (Wildman–Crippen LogP) is 2.47. The van der Waals surface area contributed by atoms with Gasteiger partial charge in [-0.1, -0.05) is 12.1 Å². The molecule has 3 rings (SSSR count). The first-order chi connectivity index (χ1) is 9.78. The second kappa shape index (κ2) is 5.21. The number of hydrogen-bond donors (Lipinski definition) is 0. The fraction of sp³-hybridized carbons (Fsp3) is 0.133. The van der Waals surface area contributed by atoms with Crippen molar-refractivity contribution in [2.75, 3.05) is 0 Å². The molecular weight excluding hydrogens is 257 g/mol. The second-order valence-corrected chi connectivity index (χ2v) is 4.47. The molecule has 0 bridgehead atoms. The fourth-order valence-corrected chi connectivity index (χ4v) is 2.22. The van der Waals surface area contributed by atoms with Gasteiger partial charge in [0.1, 0.15) is 17.3 Å². The standard InChI is InChI=1S/C15H12FN3O/c16-12-4-1-3-11(9-12)5-6-14-18-13(10-20)15-17-7-2-8-19(14)15/h1-4,7-10H,5-6H2. The molecule has 0 fully saturated rings. The van der Waals surface area contributed by atoms with E-state index in [1.54, 1.807) is 22.7 Å². The number of carbonyl (C=O) groups excluding carboxylic acids is 1. The van der Waals surface area contributed by atoms with E-state index in [0.29, 0.717) is 30.5 Å². The minimum absolute atomic E-state index is 0.245. The lowest BCUT2D eigenvalue weighted by atomic mass is 10.1. The molecule has 5 heteroatoms. The summed E-state index contributed by atoms with van der Waals surface area (Å²) in [6, 6.07) is 8.27. The third kappa shape index (κ3) is 2.30. The highest BCUT2D eigenvalue weighted by molar-refractivity contribution is 5.81. The van der Waals surface area contributed by atoms with Crippen molar-refractivity contribution in [1.29, 1.82) is 0 Å². The van der Waals surface area contributed by atoms with Gasteiger partial charge in [0.05, 0.1) is 0 Å². The van der Waals surface area contributed by atoms with Crippen LogP contribution >= 0.6 is 0 Å². The van der Waals surface area contributed by atoms with Crippen LogP contribution in [0, 0.1) is 5.82 Å². The number of rotatable bonds is 4. The maximum atomic E-state index is 13.1. The van der Waals surface area contributed by atoms with Crippen LogP contribution in [0.15, 0.2) is 42.7 Å². The Balaban J connectivity index is 1.89. The van der Waals surface area contributed by atoms with Gasteiger partial charge in [0.15, 0.2) is 11.9 Å². The number of carbonyl (C=O) groups is 1. The Morgan fingerprint density at radius 1 is 1.25 bits per heavy atom. The van der Waals surface area contributed by atoms with E-state index in [9.17, 15) is 9.18 Å². The molecule has 0 saturated carbocycles. The monoisotopic (exact) mass is 269 g/mol. The van der Waals surface area contributed by atoms with Crippen molar-refractivity contribution in [2.24, 2.45) is 0 Å². The van der Waals surface area contributed by atoms with Gasteiger partial charge >= 0.3 is 0 Å². The van der Waals surface area contributed by atoms with Gasteiger partial charge < -0.3 is 0 Å². The molecule has 20 heavy (non-hydrogen) atoms. The third-order valence-electron chi connectivity index (χ3n) is 3.14. The first-order valence-electron chi connectivity index (χ1n) is 6.29. The van der Waals surface area contributed by atoms with Gasteiger partial charge in [-0.15, -0.1) is 0 Å². The minimum atomic E-state index is -0.245. The van der Waals surface area contributed by atoms with Gasteiger partial charge in [-0.05, 0) is 30.2 Å². The predicted molar refractivity (Wildman–Crippen MR) is 72.2 cm³/mol. The molecule has 0 unspecified atom stereocenters. The number of aromatic nitrogens is 3. The van der Waals surface area contributed by atoms with Crippen LogP contribution in [0.2, 0.25) is 0 Å². The van der Waals surface area contributed by atoms with Crippen LogP contribution in [-0.4, -0.2) is 20.7 Å². The molecule has 0 amide bonds. The van der Waals surface area contributed by atoms with E-state index >= 15 is 0 Å². The third-order valence-corrected chi connectivity index (χ3v) is 3.14. The molecule has 4 nitrogen and oxygen atoms in total. The van der Waals surface area contributed by atoms with Crippen molar-refractivity contribution < 1.29 is 9.18 Å². The molecule has 1 aromatic carbocycles. The Kier molecular flexibility index (Phi) is 3.25. The summed E-state index contributed by atoms with van der Waals surface area (Å²) in [4.78, 5) is 19.4. The summed E-state index contributed by atoms with van der Waals surface area (Å²) in [5.74, 6) is 0.505. The van der Waals surface area contributed by atoms with E-state index in [4.69, 9.17) is 0 Å². The Bertz CT molecular complexity index is 767. The molecule has 0 saturated heterocycles. The van der Waals surface area contributed by atoms with Crippen LogP contribution in [0.5, 0.6) is 0 Å².